The summed E-state index contributed by atoms with van der Waals surface area (Å²) < 4.78 is 9.83. The number of fused-ring (bicyclic) bond motifs is 19. The van der Waals surface area contributed by atoms with Gasteiger partial charge in [0.2, 0.25) is 0 Å². The molecular weight excluding hydrogens is 855 g/mol. The molecule has 12 aromatic rings. The molecule has 0 unspecified atom stereocenters. The maximum absolute atomic E-state index is 7.23. The van der Waals surface area contributed by atoms with Gasteiger partial charge in [-0.05, 0) is 109 Å². The standard InChI is InChI=1S/C66H43NOS/c1-65(2)54-22-10-7-18-49(54)53-38-44(33-37-55(53)65)67(45-32-34-51-50-19-9-12-25-60(50)69-61(51)39-45)43-30-26-42(27-31-43)46-21-13-24-57-62(46)52-20-8-11-23-56(52)66(57)58-35-28-40-14-3-5-16-47(40)63(58)68-64-48-17-6-4-15-41(48)29-36-59(64)66/h3-39H,1-2H3. The van der Waals surface area contributed by atoms with Crippen molar-refractivity contribution in [3.8, 4) is 44.9 Å². The first-order chi connectivity index (χ1) is 34.0. The molecule has 15 rings (SSSR count). The van der Waals surface area contributed by atoms with Crippen LogP contribution in [0, 0.1) is 0 Å². The second-order valence-corrected chi connectivity index (χ2v) is 20.6. The Balaban J connectivity index is 0.927. The molecule has 1 aromatic heterocycles. The molecule has 3 heteroatoms. The summed E-state index contributed by atoms with van der Waals surface area (Å²) in [6.45, 7) is 4.71. The van der Waals surface area contributed by atoms with Gasteiger partial charge in [-0.3, -0.25) is 0 Å². The van der Waals surface area contributed by atoms with Crippen LogP contribution < -0.4 is 9.64 Å². The highest BCUT2D eigenvalue weighted by atomic mass is 32.1. The van der Waals surface area contributed by atoms with E-state index < -0.39 is 5.41 Å². The SMILES string of the molecule is CC1(C)c2ccccc2-c2cc(N(c3ccc(-c4cccc5c4-c4ccccc4C54c5ccc6ccccc6c5Oc5c4ccc4ccccc54)cc3)c3ccc4c(c3)sc3ccccc34)ccc21. The summed E-state index contributed by atoms with van der Waals surface area (Å²) in [7, 11) is 0. The number of hydrogen-bond acceptors (Lipinski definition) is 3. The van der Waals surface area contributed by atoms with Gasteiger partial charge in [0.15, 0.2) is 0 Å². The molecule has 2 nitrogen and oxygen atoms in total. The molecule has 0 saturated heterocycles. The topological polar surface area (TPSA) is 12.5 Å². The molecule has 0 saturated carbocycles. The lowest BCUT2D eigenvalue weighted by Gasteiger charge is -2.40. The zero-order valence-electron chi connectivity index (χ0n) is 38.1. The molecule has 3 aliphatic rings. The Morgan fingerprint density at radius 2 is 0.899 bits per heavy atom. The third-order valence-electron chi connectivity index (χ3n) is 15.7. The van der Waals surface area contributed by atoms with E-state index in [2.05, 4.69) is 243 Å². The van der Waals surface area contributed by atoms with Gasteiger partial charge in [0.05, 0.1) is 5.41 Å². The number of rotatable bonds is 4. The third-order valence-corrected chi connectivity index (χ3v) is 16.9. The van der Waals surface area contributed by atoms with Crippen LogP contribution in [0.15, 0.2) is 224 Å². The zero-order valence-corrected chi connectivity index (χ0v) is 38.9. The smallest absolute Gasteiger partial charge is 0.140 e. The van der Waals surface area contributed by atoms with Crippen LogP contribution in [0.25, 0.3) is 75.1 Å². The number of hydrogen-bond donors (Lipinski definition) is 0. The lowest BCUT2D eigenvalue weighted by Crippen LogP contribution is -2.32. The lowest BCUT2D eigenvalue weighted by molar-refractivity contribution is 0.447. The van der Waals surface area contributed by atoms with E-state index >= 15 is 0 Å². The minimum atomic E-state index is -0.609. The van der Waals surface area contributed by atoms with Gasteiger partial charge in [0, 0.05) is 64.5 Å². The fourth-order valence-corrected chi connectivity index (χ4v) is 13.8. The van der Waals surface area contributed by atoms with Crippen LogP contribution in [0.1, 0.15) is 47.2 Å². The molecule has 324 valence electrons. The largest absolute Gasteiger partial charge is 0.455 e. The summed E-state index contributed by atoms with van der Waals surface area (Å²) in [5.74, 6) is 1.86. The number of nitrogens with zero attached hydrogens (tertiary/aromatic N) is 1. The fourth-order valence-electron chi connectivity index (χ4n) is 12.6. The first kappa shape index (κ1) is 38.8. The first-order valence-corrected chi connectivity index (χ1v) is 24.8. The Bertz CT molecular complexity index is 4070. The van der Waals surface area contributed by atoms with Crippen molar-refractivity contribution in [1.29, 1.82) is 0 Å². The summed E-state index contributed by atoms with van der Waals surface area (Å²) in [5.41, 5.74) is 17.9. The Morgan fingerprint density at radius 1 is 0.362 bits per heavy atom. The second kappa shape index (κ2) is 14.1. The average Bonchev–Trinajstić information content (AvgIpc) is 4.00. The summed E-state index contributed by atoms with van der Waals surface area (Å²) >= 11 is 1.87. The zero-order chi connectivity index (χ0) is 45.6. The molecule has 0 N–H and O–H groups in total. The fraction of sp³-hybridized carbons (Fsp3) is 0.0606. The normalized spacial score (nSPS) is 14.3. The van der Waals surface area contributed by atoms with Gasteiger partial charge in [0.1, 0.15) is 11.5 Å². The van der Waals surface area contributed by atoms with Gasteiger partial charge in [0.25, 0.3) is 0 Å². The van der Waals surface area contributed by atoms with Crippen LogP contribution in [0.4, 0.5) is 17.1 Å². The molecule has 1 spiro atoms. The summed E-state index contributed by atoms with van der Waals surface area (Å²) in [4.78, 5) is 2.45. The molecule has 2 heterocycles. The predicted molar refractivity (Wildman–Crippen MR) is 289 cm³/mol. The summed E-state index contributed by atoms with van der Waals surface area (Å²) in [6, 6.07) is 83.7. The number of thiophene rings is 1. The number of benzene rings is 11. The van der Waals surface area contributed by atoms with E-state index in [9.17, 15) is 0 Å². The van der Waals surface area contributed by atoms with Crippen molar-refractivity contribution in [3.63, 3.8) is 0 Å². The van der Waals surface area contributed by atoms with Gasteiger partial charge in [-0.25, -0.2) is 0 Å². The van der Waals surface area contributed by atoms with Crippen LogP contribution >= 0.6 is 11.3 Å². The van der Waals surface area contributed by atoms with Crippen molar-refractivity contribution in [2.45, 2.75) is 24.7 Å². The van der Waals surface area contributed by atoms with Crippen molar-refractivity contribution < 1.29 is 4.74 Å². The van der Waals surface area contributed by atoms with Gasteiger partial charge >= 0.3 is 0 Å². The number of anilines is 3. The van der Waals surface area contributed by atoms with Crippen LogP contribution in [0.5, 0.6) is 11.5 Å². The van der Waals surface area contributed by atoms with Crippen LogP contribution in [-0.4, -0.2) is 0 Å². The Labute approximate surface area is 405 Å². The second-order valence-electron chi connectivity index (χ2n) is 19.5. The highest BCUT2D eigenvalue weighted by Crippen LogP contribution is 2.65. The molecule has 0 radical (unpaired) electrons. The van der Waals surface area contributed by atoms with Crippen molar-refractivity contribution in [2.75, 3.05) is 4.90 Å². The first-order valence-electron chi connectivity index (χ1n) is 24.0. The lowest BCUT2D eigenvalue weighted by atomic mass is 9.65. The molecule has 11 aromatic carbocycles. The minimum absolute atomic E-state index is 0.0730. The summed E-state index contributed by atoms with van der Waals surface area (Å²) in [6.07, 6.45) is 0. The average molecular weight is 898 g/mol. The molecular formula is C66H43NOS. The molecule has 0 atom stereocenters. The third kappa shape index (κ3) is 5.26. The van der Waals surface area contributed by atoms with E-state index in [0.29, 0.717) is 0 Å². The molecule has 2 aliphatic carbocycles. The molecule has 0 bridgehead atoms. The molecule has 1 aliphatic heterocycles. The maximum atomic E-state index is 7.23. The molecule has 69 heavy (non-hydrogen) atoms. The van der Waals surface area contributed by atoms with Crippen molar-refractivity contribution in [3.05, 3.63) is 258 Å². The van der Waals surface area contributed by atoms with Crippen LogP contribution in [-0.2, 0) is 10.8 Å². The van der Waals surface area contributed by atoms with Crippen LogP contribution in [0.3, 0.4) is 0 Å². The van der Waals surface area contributed by atoms with Crippen molar-refractivity contribution >= 4 is 70.1 Å². The predicted octanol–water partition coefficient (Wildman–Crippen LogP) is 18.3. The van der Waals surface area contributed by atoms with E-state index in [4.69, 9.17) is 4.74 Å². The molecule has 0 fully saturated rings. The quantitative estimate of drug-likeness (QED) is 0.175. The van der Waals surface area contributed by atoms with Gasteiger partial charge < -0.3 is 9.64 Å². The highest BCUT2D eigenvalue weighted by Gasteiger charge is 2.52. The van der Waals surface area contributed by atoms with Crippen LogP contribution in [0.2, 0.25) is 0 Å². The van der Waals surface area contributed by atoms with E-state index in [1.54, 1.807) is 0 Å². The van der Waals surface area contributed by atoms with E-state index in [0.717, 1.165) is 39.3 Å². The maximum Gasteiger partial charge on any atom is 0.140 e. The summed E-state index contributed by atoms with van der Waals surface area (Å²) in [5, 5.41) is 7.19. The van der Waals surface area contributed by atoms with Crippen molar-refractivity contribution in [2.24, 2.45) is 0 Å². The Hall–Kier alpha value is -8.24. The van der Waals surface area contributed by atoms with E-state index in [1.807, 2.05) is 11.3 Å². The van der Waals surface area contributed by atoms with Gasteiger partial charge in [-0.1, -0.05) is 196 Å². The van der Waals surface area contributed by atoms with Gasteiger partial charge in [-0.2, -0.15) is 0 Å². The monoisotopic (exact) mass is 897 g/mol. The van der Waals surface area contributed by atoms with E-state index in [-0.39, 0.29) is 5.41 Å². The van der Waals surface area contributed by atoms with E-state index in [1.165, 1.54) is 97.7 Å². The number of ether oxygens (including phenoxy) is 1. The van der Waals surface area contributed by atoms with Gasteiger partial charge in [-0.15, -0.1) is 11.3 Å². The Kier molecular flexibility index (Phi) is 7.96. The van der Waals surface area contributed by atoms with Crippen molar-refractivity contribution in [1.82, 2.24) is 0 Å². The highest BCUT2D eigenvalue weighted by molar-refractivity contribution is 7.25. The Morgan fingerprint density at radius 3 is 1.65 bits per heavy atom. The minimum Gasteiger partial charge on any atom is -0.455 e. The molecule has 0 amide bonds.